The second kappa shape index (κ2) is 3.63. The Balaban J connectivity index is 3.13. The maximum absolute atomic E-state index is 13.0. The number of hydrogen-bond acceptors (Lipinski definition) is 2. The molecule has 0 amide bonds. The van der Waals surface area contributed by atoms with Gasteiger partial charge in [-0.3, -0.25) is 0 Å². The van der Waals surface area contributed by atoms with Gasteiger partial charge in [0.05, 0.1) is 0 Å². The topological polar surface area (TPSA) is 26.0 Å². The average Bonchev–Trinajstić information content (AvgIpc) is 2.08. The Morgan fingerprint density at radius 3 is 2.75 bits per heavy atom. The molecule has 1 rings (SSSR count). The third kappa shape index (κ3) is 1.80. The summed E-state index contributed by atoms with van der Waals surface area (Å²) in [6.45, 7) is 1.71. The molecule has 1 nitrogen and oxygen atoms in total. The molecule has 0 spiro atoms. The van der Waals surface area contributed by atoms with E-state index >= 15 is 0 Å². The standard InChI is InChI=1S/C9H10FNS/c1-6-2-3-7(4-8(6)10)9(11)5-12/h2-5,12H,11H2,1H3/b9-5-. The average molecular weight is 183 g/mol. The fraction of sp³-hybridized carbons (Fsp3) is 0.111. The molecule has 0 saturated heterocycles. The highest BCUT2D eigenvalue weighted by Crippen LogP contribution is 2.14. The molecular formula is C9H10FNS. The van der Waals surface area contributed by atoms with E-state index in [1.165, 1.54) is 11.5 Å². The van der Waals surface area contributed by atoms with E-state index in [0.717, 1.165) is 0 Å². The minimum Gasteiger partial charge on any atom is -0.398 e. The molecule has 0 aliphatic carbocycles. The zero-order chi connectivity index (χ0) is 9.14. The SMILES string of the molecule is Cc1ccc(/C(N)=C/S)cc1F. The molecule has 0 heterocycles. The molecule has 1 aromatic carbocycles. The van der Waals surface area contributed by atoms with E-state index in [9.17, 15) is 4.39 Å². The van der Waals surface area contributed by atoms with Gasteiger partial charge in [0, 0.05) is 11.3 Å². The van der Waals surface area contributed by atoms with E-state index in [2.05, 4.69) is 12.6 Å². The first kappa shape index (κ1) is 9.13. The van der Waals surface area contributed by atoms with Crippen LogP contribution < -0.4 is 5.73 Å². The van der Waals surface area contributed by atoms with Crippen LogP contribution in [0.1, 0.15) is 11.1 Å². The van der Waals surface area contributed by atoms with Crippen molar-refractivity contribution in [3.8, 4) is 0 Å². The predicted molar refractivity (Wildman–Crippen MR) is 52.3 cm³/mol. The quantitative estimate of drug-likeness (QED) is 0.642. The van der Waals surface area contributed by atoms with Crippen molar-refractivity contribution in [2.24, 2.45) is 5.73 Å². The molecule has 3 heteroatoms. The van der Waals surface area contributed by atoms with Crippen LogP contribution in [0.3, 0.4) is 0 Å². The molecule has 0 fully saturated rings. The molecule has 0 bridgehead atoms. The molecule has 12 heavy (non-hydrogen) atoms. The lowest BCUT2D eigenvalue weighted by molar-refractivity contribution is 0.618. The van der Waals surface area contributed by atoms with Gasteiger partial charge in [0.1, 0.15) is 5.82 Å². The molecule has 0 saturated carbocycles. The van der Waals surface area contributed by atoms with E-state index in [1.807, 2.05) is 0 Å². The molecule has 0 atom stereocenters. The van der Waals surface area contributed by atoms with E-state index < -0.39 is 0 Å². The molecule has 0 aromatic heterocycles. The molecule has 64 valence electrons. The molecule has 0 aliphatic heterocycles. The number of nitrogens with two attached hydrogens (primary N) is 1. The molecule has 0 unspecified atom stereocenters. The number of benzene rings is 1. The number of thiol groups is 1. The molecule has 2 N–H and O–H groups in total. The largest absolute Gasteiger partial charge is 0.398 e. The maximum atomic E-state index is 13.0. The predicted octanol–water partition coefficient (Wildman–Crippen LogP) is 2.32. The lowest BCUT2D eigenvalue weighted by atomic mass is 10.1. The number of hydrogen-bond donors (Lipinski definition) is 2. The van der Waals surface area contributed by atoms with Crippen LogP contribution in [0, 0.1) is 12.7 Å². The summed E-state index contributed by atoms with van der Waals surface area (Å²) in [5, 5.41) is 1.45. The van der Waals surface area contributed by atoms with Gasteiger partial charge >= 0.3 is 0 Å². The van der Waals surface area contributed by atoms with Gasteiger partial charge in [-0.05, 0) is 24.0 Å². The normalized spacial score (nSPS) is 11.8. The number of halogens is 1. The minimum absolute atomic E-state index is 0.245. The first-order valence-corrected chi connectivity index (χ1v) is 4.03. The van der Waals surface area contributed by atoms with Crippen molar-refractivity contribution in [2.45, 2.75) is 6.92 Å². The van der Waals surface area contributed by atoms with Crippen molar-refractivity contribution in [3.05, 3.63) is 40.6 Å². The van der Waals surface area contributed by atoms with Gasteiger partial charge in [0.15, 0.2) is 0 Å². The Labute approximate surface area is 76.5 Å². The maximum Gasteiger partial charge on any atom is 0.126 e. The lowest BCUT2D eigenvalue weighted by Gasteiger charge is -2.01. The molecular weight excluding hydrogens is 173 g/mol. The Morgan fingerprint density at radius 1 is 1.58 bits per heavy atom. The summed E-state index contributed by atoms with van der Waals surface area (Å²) in [5.74, 6) is -0.245. The highest BCUT2D eigenvalue weighted by atomic mass is 32.1. The van der Waals surface area contributed by atoms with Gasteiger partial charge in [0.25, 0.3) is 0 Å². The fourth-order valence-corrected chi connectivity index (χ4v) is 0.996. The van der Waals surface area contributed by atoms with E-state index in [0.29, 0.717) is 16.8 Å². The van der Waals surface area contributed by atoms with Crippen LogP contribution in [-0.4, -0.2) is 0 Å². The highest BCUT2D eigenvalue weighted by molar-refractivity contribution is 7.83. The lowest BCUT2D eigenvalue weighted by Crippen LogP contribution is -1.96. The number of aryl methyl sites for hydroxylation is 1. The van der Waals surface area contributed by atoms with Crippen molar-refractivity contribution in [2.75, 3.05) is 0 Å². The number of rotatable bonds is 1. The van der Waals surface area contributed by atoms with Gasteiger partial charge < -0.3 is 5.73 Å². The third-order valence-corrected chi connectivity index (χ3v) is 1.92. The Morgan fingerprint density at radius 2 is 2.25 bits per heavy atom. The van der Waals surface area contributed by atoms with Crippen LogP contribution in [0.15, 0.2) is 23.6 Å². The van der Waals surface area contributed by atoms with Crippen molar-refractivity contribution in [1.29, 1.82) is 0 Å². The van der Waals surface area contributed by atoms with Crippen LogP contribution in [0.25, 0.3) is 5.70 Å². The summed E-state index contributed by atoms with van der Waals surface area (Å²) in [6.07, 6.45) is 0. The van der Waals surface area contributed by atoms with Crippen LogP contribution in [0.5, 0.6) is 0 Å². The summed E-state index contributed by atoms with van der Waals surface area (Å²) in [5.41, 5.74) is 7.28. The van der Waals surface area contributed by atoms with Crippen molar-refractivity contribution < 1.29 is 4.39 Å². The van der Waals surface area contributed by atoms with Gasteiger partial charge in [-0.25, -0.2) is 4.39 Å². The van der Waals surface area contributed by atoms with Crippen molar-refractivity contribution in [1.82, 2.24) is 0 Å². The van der Waals surface area contributed by atoms with Crippen LogP contribution in [0.2, 0.25) is 0 Å². The molecule has 0 radical (unpaired) electrons. The minimum atomic E-state index is -0.245. The second-order valence-corrected chi connectivity index (χ2v) is 2.81. The summed E-state index contributed by atoms with van der Waals surface area (Å²) in [7, 11) is 0. The summed E-state index contributed by atoms with van der Waals surface area (Å²) < 4.78 is 13.0. The van der Waals surface area contributed by atoms with E-state index in [4.69, 9.17) is 5.73 Å². The van der Waals surface area contributed by atoms with E-state index in [-0.39, 0.29) is 5.82 Å². The zero-order valence-corrected chi connectivity index (χ0v) is 7.61. The summed E-state index contributed by atoms with van der Waals surface area (Å²) >= 11 is 3.88. The van der Waals surface area contributed by atoms with Gasteiger partial charge in [-0.2, -0.15) is 0 Å². The summed E-state index contributed by atoms with van der Waals surface area (Å²) in [6, 6.07) is 4.85. The molecule has 1 aromatic rings. The van der Waals surface area contributed by atoms with Gasteiger partial charge in [-0.15, -0.1) is 12.6 Å². The Bertz CT molecular complexity index is 320. The van der Waals surface area contributed by atoms with Crippen LogP contribution >= 0.6 is 12.6 Å². The fourth-order valence-electron chi connectivity index (χ4n) is 0.847. The van der Waals surface area contributed by atoms with E-state index in [1.54, 1.807) is 19.1 Å². The third-order valence-electron chi connectivity index (χ3n) is 1.64. The van der Waals surface area contributed by atoms with Gasteiger partial charge in [-0.1, -0.05) is 12.1 Å². The van der Waals surface area contributed by atoms with Crippen LogP contribution in [0.4, 0.5) is 4.39 Å². The first-order valence-electron chi connectivity index (χ1n) is 3.51. The zero-order valence-electron chi connectivity index (χ0n) is 6.71. The first-order chi connectivity index (χ1) is 5.65. The smallest absolute Gasteiger partial charge is 0.126 e. The second-order valence-electron chi connectivity index (χ2n) is 2.55. The summed E-state index contributed by atoms with van der Waals surface area (Å²) in [4.78, 5) is 0. The van der Waals surface area contributed by atoms with Crippen molar-refractivity contribution >= 4 is 18.3 Å². The Hall–Kier alpha value is -0.960. The highest BCUT2D eigenvalue weighted by Gasteiger charge is 2.00. The van der Waals surface area contributed by atoms with Gasteiger partial charge in [0.2, 0.25) is 0 Å². The Kier molecular flexibility index (Phi) is 2.76. The monoisotopic (exact) mass is 183 g/mol. The van der Waals surface area contributed by atoms with Crippen molar-refractivity contribution in [3.63, 3.8) is 0 Å². The van der Waals surface area contributed by atoms with Crippen LogP contribution in [-0.2, 0) is 0 Å². The molecule has 0 aliphatic rings.